The minimum Gasteiger partial charge on any atom is -0.490 e. The third-order valence-electron chi connectivity index (χ3n) is 7.40. The molecule has 36 heavy (non-hydrogen) atoms. The van der Waals surface area contributed by atoms with Crippen LogP contribution in [0.2, 0.25) is 0 Å². The third kappa shape index (κ3) is 6.03. The first-order valence-corrected chi connectivity index (χ1v) is 13.1. The fourth-order valence-electron chi connectivity index (χ4n) is 5.18. The highest BCUT2D eigenvalue weighted by Crippen LogP contribution is 2.39. The van der Waals surface area contributed by atoms with Crippen molar-refractivity contribution in [3.05, 3.63) is 90.3 Å². The van der Waals surface area contributed by atoms with Gasteiger partial charge in [-0.15, -0.1) is 6.58 Å². The Bertz CT molecular complexity index is 1160. The zero-order valence-corrected chi connectivity index (χ0v) is 21.0. The molecule has 0 radical (unpaired) electrons. The summed E-state index contributed by atoms with van der Waals surface area (Å²) >= 11 is 0. The Morgan fingerprint density at radius 1 is 0.861 bits per heavy atom. The Morgan fingerprint density at radius 2 is 1.53 bits per heavy atom. The zero-order chi connectivity index (χ0) is 25.5. The smallest absolute Gasteiger partial charge is 0.201 e. The fraction of sp³-hybridized carbons (Fsp3) is 0.375. The van der Waals surface area contributed by atoms with Gasteiger partial charge in [0.15, 0.2) is 11.6 Å². The average Bonchev–Trinajstić information content (AvgIpc) is 2.90. The molecule has 0 atom stereocenters. The van der Waals surface area contributed by atoms with E-state index in [-0.39, 0.29) is 17.1 Å². The number of unbranched alkanes of at least 4 members (excludes halogenated alkanes) is 1. The van der Waals surface area contributed by atoms with Crippen LogP contribution < -0.4 is 4.74 Å². The van der Waals surface area contributed by atoms with Crippen molar-refractivity contribution >= 4 is 0 Å². The van der Waals surface area contributed by atoms with Gasteiger partial charge in [-0.05, 0) is 91.7 Å². The maximum Gasteiger partial charge on any atom is 0.201 e. The number of halogens is 3. The predicted molar refractivity (Wildman–Crippen MR) is 142 cm³/mol. The van der Waals surface area contributed by atoms with Gasteiger partial charge in [-0.1, -0.05) is 55.8 Å². The van der Waals surface area contributed by atoms with Crippen LogP contribution in [0.5, 0.6) is 5.75 Å². The number of hydrogen-bond donors (Lipinski definition) is 0. The summed E-state index contributed by atoms with van der Waals surface area (Å²) in [6.07, 6.45) is 10.5. The van der Waals surface area contributed by atoms with Crippen molar-refractivity contribution in [2.24, 2.45) is 5.92 Å². The molecular weight excluding hydrogens is 457 g/mol. The summed E-state index contributed by atoms with van der Waals surface area (Å²) in [6, 6.07) is 15.4. The van der Waals surface area contributed by atoms with E-state index < -0.39 is 11.6 Å². The predicted octanol–water partition coefficient (Wildman–Crippen LogP) is 9.86. The number of benzene rings is 3. The van der Waals surface area contributed by atoms with E-state index in [2.05, 4.69) is 6.58 Å². The van der Waals surface area contributed by atoms with Gasteiger partial charge in [-0.25, -0.2) is 8.78 Å². The van der Waals surface area contributed by atoms with Crippen LogP contribution in [0.4, 0.5) is 13.2 Å². The maximum absolute atomic E-state index is 15.1. The van der Waals surface area contributed by atoms with Gasteiger partial charge in [0.05, 0.1) is 6.61 Å². The molecule has 1 aliphatic rings. The van der Waals surface area contributed by atoms with E-state index in [1.54, 1.807) is 30.3 Å². The van der Waals surface area contributed by atoms with E-state index in [9.17, 15) is 8.78 Å². The van der Waals surface area contributed by atoms with E-state index in [4.69, 9.17) is 4.74 Å². The topological polar surface area (TPSA) is 9.23 Å². The minimum absolute atomic E-state index is 0.0752. The number of ether oxygens (including phenoxy) is 1. The molecule has 0 aromatic heterocycles. The molecule has 0 heterocycles. The largest absolute Gasteiger partial charge is 0.490 e. The quantitative estimate of drug-likeness (QED) is 0.202. The number of allylic oxidation sites excluding steroid dienone is 1. The molecule has 0 bridgehead atoms. The number of hydrogen-bond acceptors (Lipinski definition) is 1. The first kappa shape index (κ1) is 26.1. The SMILES string of the molecule is C=CCCC1CCC(c2ccc(-c3ccc(-c4ccc(OCCCC)c(F)c4F)cc3)c(F)c2)CC1. The summed E-state index contributed by atoms with van der Waals surface area (Å²) in [4.78, 5) is 0. The summed E-state index contributed by atoms with van der Waals surface area (Å²) in [7, 11) is 0. The highest BCUT2D eigenvalue weighted by atomic mass is 19.2. The van der Waals surface area contributed by atoms with Crippen LogP contribution in [0.1, 0.15) is 69.8 Å². The lowest BCUT2D eigenvalue weighted by Crippen LogP contribution is -2.13. The second-order valence-electron chi connectivity index (χ2n) is 9.84. The molecule has 4 rings (SSSR count). The van der Waals surface area contributed by atoms with Crippen molar-refractivity contribution in [2.75, 3.05) is 6.61 Å². The van der Waals surface area contributed by atoms with Gasteiger partial charge in [0, 0.05) is 11.1 Å². The van der Waals surface area contributed by atoms with Gasteiger partial charge in [0.2, 0.25) is 5.82 Å². The van der Waals surface area contributed by atoms with Gasteiger partial charge < -0.3 is 4.74 Å². The molecule has 1 fully saturated rings. The lowest BCUT2D eigenvalue weighted by molar-refractivity contribution is 0.289. The monoisotopic (exact) mass is 492 g/mol. The van der Waals surface area contributed by atoms with E-state index in [1.807, 2.05) is 25.1 Å². The van der Waals surface area contributed by atoms with Crippen molar-refractivity contribution in [1.29, 1.82) is 0 Å². The van der Waals surface area contributed by atoms with Crippen molar-refractivity contribution in [3.8, 4) is 28.0 Å². The Labute approximate surface area is 213 Å². The van der Waals surface area contributed by atoms with E-state index in [0.717, 1.165) is 43.6 Å². The second-order valence-corrected chi connectivity index (χ2v) is 9.84. The molecule has 3 aromatic rings. The van der Waals surface area contributed by atoms with Crippen LogP contribution in [0.25, 0.3) is 22.3 Å². The second kappa shape index (κ2) is 12.3. The van der Waals surface area contributed by atoms with Crippen LogP contribution >= 0.6 is 0 Å². The van der Waals surface area contributed by atoms with E-state index in [1.165, 1.54) is 31.4 Å². The van der Waals surface area contributed by atoms with Crippen LogP contribution in [0.3, 0.4) is 0 Å². The summed E-state index contributed by atoms with van der Waals surface area (Å²) in [5.41, 5.74) is 2.96. The molecule has 0 amide bonds. The summed E-state index contributed by atoms with van der Waals surface area (Å²) in [6.45, 7) is 6.17. The van der Waals surface area contributed by atoms with Crippen LogP contribution in [0, 0.1) is 23.4 Å². The van der Waals surface area contributed by atoms with Gasteiger partial charge in [0.1, 0.15) is 5.82 Å². The Hall–Kier alpha value is -3.01. The van der Waals surface area contributed by atoms with Gasteiger partial charge in [-0.3, -0.25) is 0 Å². The van der Waals surface area contributed by atoms with Crippen molar-refractivity contribution in [2.45, 2.75) is 64.2 Å². The van der Waals surface area contributed by atoms with E-state index >= 15 is 4.39 Å². The lowest BCUT2D eigenvalue weighted by Gasteiger charge is -2.28. The first-order chi connectivity index (χ1) is 17.5. The Balaban J connectivity index is 1.46. The lowest BCUT2D eigenvalue weighted by atomic mass is 9.77. The van der Waals surface area contributed by atoms with Crippen molar-refractivity contribution in [1.82, 2.24) is 0 Å². The summed E-state index contributed by atoms with van der Waals surface area (Å²) in [5, 5.41) is 0. The summed E-state index contributed by atoms with van der Waals surface area (Å²) < 4.78 is 49.7. The van der Waals surface area contributed by atoms with Gasteiger partial charge >= 0.3 is 0 Å². The molecule has 1 aliphatic carbocycles. The summed E-state index contributed by atoms with van der Waals surface area (Å²) in [5.74, 6) is -1.09. The molecule has 0 unspecified atom stereocenters. The third-order valence-corrected chi connectivity index (χ3v) is 7.40. The normalized spacial score (nSPS) is 17.7. The number of rotatable bonds is 10. The molecule has 4 heteroatoms. The maximum atomic E-state index is 15.1. The molecule has 1 saturated carbocycles. The minimum atomic E-state index is -0.982. The Morgan fingerprint density at radius 3 is 2.17 bits per heavy atom. The van der Waals surface area contributed by atoms with Gasteiger partial charge in [0.25, 0.3) is 0 Å². The molecule has 0 spiro atoms. The van der Waals surface area contributed by atoms with Crippen LogP contribution in [-0.2, 0) is 0 Å². The molecule has 0 saturated heterocycles. The average molecular weight is 493 g/mol. The van der Waals surface area contributed by atoms with Gasteiger partial charge in [-0.2, -0.15) is 4.39 Å². The molecule has 0 aliphatic heterocycles. The van der Waals surface area contributed by atoms with Crippen LogP contribution in [0.15, 0.2) is 67.3 Å². The van der Waals surface area contributed by atoms with Crippen molar-refractivity contribution < 1.29 is 17.9 Å². The first-order valence-electron chi connectivity index (χ1n) is 13.1. The van der Waals surface area contributed by atoms with Crippen LogP contribution in [-0.4, -0.2) is 6.61 Å². The molecular formula is C32H35F3O. The highest BCUT2D eigenvalue weighted by molar-refractivity contribution is 5.71. The standard InChI is InChI=1S/C32H35F3O/c1-3-5-7-22-8-10-23(11-9-22)26-16-17-27(29(33)21-26)24-12-14-25(15-13-24)28-18-19-30(32(35)31(28)34)36-20-6-4-2/h3,12-19,21-23H,1,4-11,20H2,2H3. The fourth-order valence-corrected chi connectivity index (χ4v) is 5.18. The van der Waals surface area contributed by atoms with Crippen molar-refractivity contribution in [3.63, 3.8) is 0 Å². The molecule has 190 valence electrons. The molecule has 3 aromatic carbocycles. The highest BCUT2D eigenvalue weighted by Gasteiger charge is 2.23. The molecule has 1 nitrogen and oxygen atoms in total. The molecule has 0 N–H and O–H groups in total. The zero-order valence-electron chi connectivity index (χ0n) is 21.0. The Kier molecular flexibility index (Phi) is 8.90. The van der Waals surface area contributed by atoms with E-state index in [0.29, 0.717) is 29.2 Å².